The number of carbonyl (C=O) groups is 1. The van der Waals surface area contributed by atoms with Gasteiger partial charge in [0.05, 0.1) is 15.9 Å². The van der Waals surface area contributed by atoms with Crippen LogP contribution in [0.1, 0.15) is 17.8 Å². The second-order valence-electron chi connectivity index (χ2n) is 8.67. The number of sulfonamides is 1. The van der Waals surface area contributed by atoms with Gasteiger partial charge in [0, 0.05) is 66.7 Å². The number of nitrogens with zero attached hydrogens (tertiary/aromatic N) is 5. The molecule has 176 valence electrons. The maximum absolute atomic E-state index is 12.8. The van der Waals surface area contributed by atoms with Gasteiger partial charge >= 0.3 is 0 Å². The number of hydrogen-bond acceptors (Lipinski definition) is 5. The van der Waals surface area contributed by atoms with Crippen molar-refractivity contribution in [2.75, 3.05) is 40.3 Å². The highest BCUT2D eigenvalue weighted by Gasteiger charge is 2.22. The summed E-state index contributed by atoms with van der Waals surface area (Å²) in [5.74, 6) is 0.915. The van der Waals surface area contributed by atoms with E-state index < -0.39 is 10.0 Å². The highest BCUT2D eigenvalue weighted by molar-refractivity contribution is 7.89. The Balaban J connectivity index is 1.35. The molecule has 2 aromatic carbocycles. The quantitative estimate of drug-likeness (QED) is 0.530. The first-order valence-electron chi connectivity index (χ1n) is 11.2. The lowest BCUT2D eigenvalue weighted by Gasteiger charge is -2.34. The SMILES string of the molecule is CN(C)S(=O)(=O)c1ccc2c(c1)nc(CCC(=O)N1CCN(Cc3ccccc3)CC1)n2C. The van der Waals surface area contributed by atoms with E-state index in [4.69, 9.17) is 0 Å². The lowest BCUT2D eigenvalue weighted by molar-refractivity contribution is -0.133. The second kappa shape index (κ2) is 9.62. The first-order valence-corrected chi connectivity index (χ1v) is 12.6. The lowest BCUT2D eigenvalue weighted by atomic mass is 10.2. The van der Waals surface area contributed by atoms with Gasteiger partial charge in [-0.05, 0) is 23.8 Å². The van der Waals surface area contributed by atoms with E-state index in [-0.39, 0.29) is 10.8 Å². The van der Waals surface area contributed by atoms with Crippen LogP contribution in [-0.2, 0) is 34.8 Å². The molecule has 1 saturated heterocycles. The minimum absolute atomic E-state index is 0.136. The number of aryl methyl sites for hydroxylation is 2. The van der Waals surface area contributed by atoms with Crippen LogP contribution in [0.15, 0.2) is 53.4 Å². The fourth-order valence-electron chi connectivity index (χ4n) is 4.20. The maximum atomic E-state index is 12.8. The Morgan fingerprint density at radius 2 is 1.73 bits per heavy atom. The van der Waals surface area contributed by atoms with Gasteiger partial charge in [0.1, 0.15) is 5.82 Å². The van der Waals surface area contributed by atoms with Crippen molar-refractivity contribution in [1.29, 1.82) is 0 Å². The summed E-state index contributed by atoms with van der Waals surface area (Å²) in [5, 5.41) is 0. The Labute approximate surface area is 195 Å². The zero-order valence-corrected chi connectivity index (χ0v) is 20.3. The average Bonchev–Trinajstić information content (AvgIpc) is 3.13. The molecule has 1 aliphatic rings. The number of imidazole rings is 1. The van der Waals surface area contributed by atoms with Gasteiger partial charge in [-0.2, -0.15) is 0 Å². The number of fused-ring (bicyclic) bond motifs is 1. The lowest BCUT2D eigenvalue weighted by Crippen LogP contribution is -2.48. The van der Waals surface area contributed by atoms with E-state index >= 15 is 0 Å². The second-order valence-corrected chi connectivity index (χ2v) is 10.8. The molecule has 3 aromatic rings. The monoisotopic (exact) mass is 469 g/mol. The first-order chi connectivity index (χ1) is 15.8. The average molecular weight is 470 g/mol. The largest absolute Gasteiger partial charge is 0.340 e. The van der Waals surface area contributed by atoms with E-state index in [1.807, 2.05) is 22.6 Å². The van der Waals surface area contributed by atoms with Crippen molar-refractivity contribution in [3.63, 3.8) is 0 Å². The molecule has 8 nitrogen and oxygen atoms in total. The van der Waals surface area contributed by atoms with E-state index in [0.717, 1.165) is 44.1 Å². The minimum Gasteiger partial charge on any atom is -0.340 e. The number of carbonyl (C=O) groups excluding carboxylic acids is 1. The number of benzene rings is 2. The zero-order valence-electron chi connectivity index (χ0n) is 19.4. The smallest absolute Gasteiger partial charge is 0.242 e. The molecule has 9 heteroatoms. The van der Waals surface area contributed by atoms with Crippen LogP contribution < -0.4 is 0 Å². The van der Waals surface area contributed by atoms with Crippen molar-refractivity contribution in [2.24, 2.45) is 7.05 Å². The Morgan fingerprint density at radius 3 is 2.39 bits per heavy atom. The fraction of sp³-hybridized carbons (Fsp3) is 0.417. The highest BCUT2D eigenvalue weighted by Crippen LogP contribution is 2.22. The van der Waals surface area contributed by atoms with Gasteiger partial charge in [0.15, 0.2) is 0 Å². The van der Waals surface area contributed by atoms with E-state index in [1.165, 1.54) is 24.0 Å². The van der Waals surface area contributed by atoms with Gasteiger partial charge in [-0.15, -0.1) is 0 Å². The summed E-state index contributed by atoms with van der Waals surface area (Å²) in [7, 11) is 1.40. The van der Waals surface area contributed by atoms with Gasteiger partial charge in [-0.3, -0.25) is 9.69 Å². The molecule has 0 saturated carbocycles. The van der Waals surface area contributed by atoms with E-state index in [2.05, 4.69) is 34.1 Å². The predicted octanol–water partition coefficient (Wildman–Crippen LogP) is 2.10. The van der Waals surface area contributed by atoms with Crippen LogP contribution in [0, 0.1) is 0 Å². The van der Waals surface area contributed by atoms with Crippen LogP contribution in [0.25, 0.3) is 11.0 Å². The molecule has 1 fully saturated rings. The van der Waals surface area contributed by atoms with Crippen molar-refractivity contribution < 1.29 is 13.2 Å². The topological polar surface area (TPSA) is 78.8 Å². The molecular formula is C24H31N5O3S. The number of aromatic nitrogens is 2. The molecule has 1 aromatic heterocycles. The summed E-state index contributed by atoms with van der Waals surface area (Å²) in [6.45, 7) is 4.13. The van der Waals surface area contributed by atoms with Crippen molar-refractivity contribution in [2.45, 2.75) is 24.3 Å². The van der Waals surface area contributed by atoms with Crippen molar-refractivity contribution in [3.05, 3.63) is 59.9 Å². The molecule has 1 aliphatic heterocycles. The summed E-state index contributed by atoms with van der Waals surface area (Å²) in [5.41, 5.74) is 2.77. The minimum atomic E-state index is -3.52. The molecule has 0 unspecified atom stereocenters. The molecule has 1 amide bonds. The highest BCUT2D eigenvalue weighted by atomic mass is 32.2. The normalized spacial score (nSPS) is 15.5. The molecule has 2 heterocycles. The zero-order chi connectivity index (χ0) is 23.6. The predicted molar refractivity (Wildman–Crippen MR) is 128 cm³/mol. The third kappa shape index (κ3) is 5.10. The molecule has 0 radical (unpaired) electrons. The Hall–Kier alpha value is -2.75. The van der Waals surface area contributed by atoms with Crippen LogP contribution in [0.4, 0.5) is 0 Å². The van der Waals surface area contributed by atoms with E-state index in [1.54, 1.807) is 18.2 Å². The van der Waals surface area contributed by atoms with Crippen LogP contribution in [0.3, 0.4) is 0 Å². The number of hydrogen-bond donors (Lipinski definition) is 0. The van der Waals surface area contributed by atoms with Gasteiger partial charge in [-0.1, -0.05) is 30.3 Å². The molecular weight excluding hydrogens is 438 g/mol. The van der Waals surface area contributed by atoms with E-state index in [9.17, 15) is 13.2 Å². The van der Waals surface area contributed by atoms with Crippen LogP contribution in [-0.4, -0.2) is 78.3 Å². The van der Waals surface area contributed by atoms with Crippen molar-refractivity contribution in [1.82, 2.24) is 23.7 Å². The number of rotatable bonds is 7. The summed E-state index contributed by atoms with van der Waals surface area (Å²) in [6.07, 6.45) is 0.905. The molecule has 0 atom stereocenters. The van der Waals surface area contributed by atoms with E-state index in [0.29, 0.717) is 18.4 Å². The van der Waals surface area contributed by atoms with Gasteiger partial charge in [0.25, 0.3) is 0 Å². The Bertz CT molecular complexity index is 1230. The summed E-state index contributed by atoms with van der Waals surface area (Å²) in [6, 6.07) is 15.4. The van der Waals surface area contributed by atoms with Crippen molar-refractivity contribution >= 4 is 27.0 Å². The molecule has 33 heavy (non-hydrogen) atoms. The number of amides is 1. The molecule has 0 N–H and O–H groups in total. The van der Waals surface area contributed by atoms with Gasteiger partial charge in [-0.25, -0.2) is 17.7 Å². The van der Waals surface area contributed by atoms with Crippen LogP contribution >= 0.6 is 0 Å². The number of piperazine rings is 1. The van der Waals surface area contributed by atoms with Crippen molar-refractivity contribution in [3.8, 4) is 0 Å². The Kier molecular flexibility index (Phi) is 6.83. The summed E-state index contributed by atoms with van der Waals surface area (Å²) >= 11 is 0. The third-order valence-corrected chi connectivity index (χ3v) is 8.07. The standard InChI is InChI=1S/C24H31N5O3S/c1-26(2)33(31,32)20-9-10-22-21(17-20)25-23(27(22)3)11-12-24(30)29-15-13-28(14-16-29)18-19-7-5-4-6-8-19/h4-10,17H,11-16,18H2,1-3H3. The molecule has 0 bridgehead atoms. The molecule has 4 rings (SSSR count). The van der Waals surface area contributed by atoms with Gasteiger partial charge in [0.2, 0.25) is 15.9 Å². The summed E-state index contributed by atoms with van der Waals surface area (Å²) < 4.78 is 28.0. The molecule has 0 aliphatic carbocycles. The fourth-order valence-corrected chi connectivity index (χ4v) is 5.12. The Morgan fingerprint density at radius 1 is 1.03 bits per heavy atom. The maximum Gasteiger partial charge on any atom is 0.242 e. The summed E-state index contributed by atoms with van der Waals surface area (Å²) in [4.78, 5) is 22.0. The molecule has 0 spiro atoms. The van der Waals surface area contributed by atoms with Gasteiger partial charge < -0.3 is 9.47 Å². The first kappa shape index (κ1) is 23.4. The third-order valence-electron chi connectivity index (χ3n) is 6.26. The van der Waals surface area contributed by atoms with Crippen LogP contribution in [0.5, 0.6) is 0 Å². The van der Waals surface area contributed by atoms with Crippen LogP contribution in [0.2, 0.25) is 0 Å².